The van der Waals surface area contributed by atoms with Crippen molar-refractivity contribution in [3.63, 3.8) is 0 Å². The molecule has 0 bridgehead atoms. The molecule has 0 aliphatic carbocycles. The summed E-state index contributed by atoms with van der Waals surface area (Å²) in [4.78, 5) is 33.5. The molecule has 1 N–H and O–H groups in total. The minimum Gasteiger partial charge on any atom is -0.487 e. The van der Waals surface area contributed by atoms with Crippen molar-refractivity contribution in [3.8, 4) is 5.75 Å². The second-order valence-electron chi connectivity index (χ2n) is 8.28. The van der Waals surface area contributed by atoms with Crippen molar-refractivity contribution in [3.05, 3.63) is 66.1 Å². The van der Waals surface area contributed by atoms with E-state index in [1.807, 2.05) is 52.0 Å². The lowest BCUT2D eigenvalue weighted by molar-refractivity contribution is -0.122. The van der Waals surface area contributed by atoms with Crippen LogP contribution in [0.1, 0.15) is 22.5 Å². The maximum absolute atomic E-state index is 13.0. The van der Waals surface area contributed by atoms with Crippen LogP contribution in [0.3, 0.4) is 0 Å². The highest BCUT2D eigenvalue weighted by atomic mass is 16.5. The second kappa shape index (κ2) is 11.6. The van der Waals surface area contributed by atoms with E-state index >= 15 is 0 Å². The summed E-state index contributed by atoms with van der Waals surface area (Å²) in [6, 6.07) is 13.1. The van der Waals surface area contributed by atoms with E-state index in [4.69, 9.17) is 9.47 Å². The maximum atomic E-state index is 13.0. The Kier molecular flexibility index (Phi) is 8.11. The average molecular weight is 466 g/mol. The first-order chi connectivity index (χ1) is 16.6. The molecule has 3 aromatic rings. The highest BCUT2D eigenvalue weighted by molar-refractivity contribution is 5.94. The number of fused-ring (bicyclic) bond motifs is 1. The summed E-state index contributed by atoms with van der Waals surface area (Å²) in [6.45, 7) is 4.42. The Morgan fingerprint density at radius 2 is 1.94 bits per heavy atom. The van der Waals surface area contributed by atoms with E-state index in [9.17, 15) is 9.59 Å². The molecule has 2 aromatic heterocycles. The van der Waals surface area contributed by atoms with Gasteiger partial charge in [-0.25, -0.2) is 4.98 Å². The maximum Gasteiger partial charge on any atom is 0.254 e. The number of carbonyl (C=O) groups excluding carboxylic acids is 2. The number of rotatable bonds is 10. The fraction of sp³-hybridized carbons (Fsp3) is 0.400. The molecule has 1 fully saturated rings. The van der Waals surface area contributed by atoms with E-state index < -0.39 is 0 Å². The number of imidazole rings is 1. The van der Waals surface area contributed by atoms with E-state index in [2.05, 4.69) is 15.2 Å². The molecule has 1 aromatic carbocycles. The van der Waals surface area contributed by atoms with Crippen molar-refractivity contribution in [1.82, 2.24) is 24.5 Å². The number of benzene rings is 1. The molecule has 1 aliphatic rings. The van der Waals surface area contributed by atoms with E-state index in [0.29, 0.717) is 63.8 Å². The molecular formula is C25H31N5O4. The van der Waals surface area contributed by atoms with Gasteiger partial charge in [0, 0.05) is 64.4 Å². The molecule has 9 heteroatoms. The first-order valence-corrected chi connectivity index (χ1v) is 11.5. The van der Waals surface area contributed by atoms with Gasteiger partial charge in [-0.05, 0) is 36.8 Å². The van der Waals surface area contributed by atoms with Crippen LogP contribution in [0.25, 0.3) is 5.65 Å². The monoisotopic (exact) mass is 465 g/mol. The van der Waals surface area contributed by atoms with E-state index in [0.717, 1.165) is 17.8 Å². The van der Waals surface area contributed by atoms with Gasteiger partial charge in [-0.15, -0.1) is 0 Å². The van der Waals surface area contributed by atoms with Gasteiger partial charge in [-0.1, -0.05) is 12.1 Å². The zero-order valence-electron chi connectivity index (χ0n) is 19.5. The van der Waals surface area contributed by atoms with Gasteiger partial charge in [-0.2, -0.15) is 0 Å². The number of methoxy groups -OCH3 is 1. The predicted molar refractivity (Wildman–Crippen MR) is 128 cm³/mol. The summed E-state index contributed by atoms with van der Waals surface area (Å²) in [7, 11) is 1.65. The molecule has 34 heavy (non-hydrogen) atoms. The number of carbonyl (C=O) groups is 2. The molecule has 3 heterocycles. The fourth-order valence-electron chi connectivity index (χ4n) is 3.93. The molecule has 1 saturated heterocycles. The standard InChI is InChI=1S/C25H31N5O4/c1-33-15-5-9-26-24(31)18-28-11-13-29(14-12-28)25(32)20-6-4-7-22(16-20)34-19-21-17-30-10-3-2-8-23(30)27-21/h2-4,6-8,10,16-17H,5,9,11-15,18-19H2,1H3,(H,26,31). The van der Waals surface area contributed by atoms with Crippen LogP contribution in [0, 0.1) is 0 Å². The van der Waals surface area contributed by atoms with Crippen LogP contribution in [0.15, 0.2) is 54.9 Å². The summed E-state index contributed by atoms with van der Waals surface area (Å²) in [6.07, 6.45) is 4.68. The van der Waals surface area contributed by atoms with Crippen molar-refractivity contribution >= 4 is 17.5 Å². The summed E-state index contributed by atoms with van der Waals surface area (Å²) in [5.74, 6) is 0.611. The number of ether oxygens (including phenoxy) is 2. The molecule has 1 aliphatic heterocycles. The zero-order valence-corrected chi connectivity index (χ0v) is 19.5. The summed E-state index contributed by atoms with van der Waals surface area (Å²) < 4.78 is 12.8. The molecule has 0 saturated carbocycles. The lowest BCUT2D eigenvalue weighted by Crippen LogP contribution is -2.51. The van der Waals surface area contributed by atoms with E-state index in [1.54, 1.807) is 19.2 Å². The van der Waals surface area contributed by atoms with E-state index in [-0.39, 0.29) is 11.8 Å². The van der Waals surface area contributed by atoms with Gasteiger partial charge >= 0.3 is 0 Å². The Bertz CT molecular complexity index is 1070. The topological polar surface area (TPSA) is 88.4 Å². The average Bonchev–Trinajstić information content (AvgIpc) is 3.29. The van der Waals surface area contributed by atoms with E-state index in [1.165, 1.54) is 0 Å². The number of nitrogens with zero attached hydrogens (tertiary/aromatic N) is 4. The molecule has 9 nitrogen and oxygen atoms in total. The Morgan fingerprint density at radius 1 is 1.09 bits per heavy atom. The van der Waals surface area contributed by atoms with Crippen LogP contribution >= 0.6 is 0 Å². The van der Waals surface area contributed by atoms with Crippen LogP contribution in [0.4, 0.5) is 0 Å². The third-order valence-electron chi connectivity index (χ3n) is 5.76. The summed E-state index contributed by atoms with van der Waals surface area (Å²) >= 11 is 0. The van der Waals surface area contributed by atoms with Crippen LogP contribution < -0.4 is 10.1 Å². The van der Waals surface area contributed by atoms with Crippen LogP contribution in [-0.2, 0) is 16.1 Å². The zero-order chi connectivity index (χ0) is 23.8. The van der Waals surface area contributed by atoms with Crippen molar-refractivity contribution in [2.75, 3.05) is 53.0 Å². The minimum absolute atomic E-state index is 0.00587. The first-order valence-electron chi connectivity index (χ1n) is 11.5. The number of piperazine rings is 1. The Morgan fingerprint density at radius 3 is 2.74 bits per heavy atom. The lowest BCUT2D eigenvalue weighted by Gasteiger charge is -2.34. The summed E-state index contributed by atoms with van der Waals surface area (Å²) in [5.41, 5.74) is 2.28. The number of pyridine rings is 1. The van der Waals surface area contributed by atoms with Crippen LogP contribution in [0.5, 0.6) is 5.75 Å². The smallest absolute Gasteiger partial charge is 0.254 e. The Hall–Kier alpha value is -3.43. The minimum atomic E-state index is -0.0261. The molecule has 0 radical (unpaired) electrons. The van der Waals surface area contributed by atoms with Gasteiger partial charge < -0.3 is 24.1 Å². The fourth-order valence-corrected chi connectivity index (χ4v) is 3.93. The highest BCUT2D eigenvalue weighted by Gasteiger charge is 2.23. The normalized spacial score (nSPS) is 14.3. The molecule has 0 unspecified atom stereocenters. The third-order valence-corrected chi connectivity index (χ3v) is 5.76. The largest absolute Gasteiger partial charge is 0.487 e. The molecule has 2 amide bonds. The molecule has 4 rings (SSSR count). The Labute approximate surface area is 199 Å². The van der Waals surface area contributed by atoms with Gasteiger partial charge in [-0.3, -0.25) is 14.5 Å². The number of aromatic nitrogens is 2. The number of amides is 2. The molecule has 0 spiro atoms. The van der Waals surface area contributed by atoms with Gasteiger partial charge in [0.15, 0.2) is 0 Å². The van der Waals surface area contributed by atoms with Gasteiger partial charge in [0.05, 0.1) is 12.2 Å². The quantitative estimate of drug-likeness (QED) is 0.460. The SMILES string of the molecule is COCCCNC(=O)CN1CCN(C(=O)c2cccc(OCc3cn4ccccc4n3)c2)CC1. The number of hydrogen-bond acceptors (Lipinski definition) is 6. The number of hydrogen-bond donors (Lipinski definition) is 1. The van der Waals surface area contributed by atoms with Crippen molar-refractivity contribution in [1.29, 1.82) is 0 Å². The van der Waals surface area contributed by atoms with Crippen molar-refractivity contribution in [2.45, 2.75) is 13.0 Å². The van der Waals surface area contributed by atoms with Crippen molar-refractivity contribution < 1.29 is 19.1 Å². The molecule has 0 atom stereocenters. The van der Waals surface area contributed by atoms with Crippen LogP contribution in [-0.4, -0.2) is 84.0 Å². The van der Waals surface area contributed by atoms with Gasteiger partial charge in [0.2, 0.25) is 5.91 Å². The van der Waals surface area contributed by atoms with Gasteiger partial charge in [0.25, 0.3) is 5.91 Å². The van der Waals surface area contributed by atoms with Crippen molar-refractivity contribution in [2.24, 2.45) is 0 Å². The highest BCUT2D eigenvalue weighted by Crippen LogP contribution is 2.18. The van der Waals surface area contributed by atoms with Crippen LogP contribution in [0.2, 0.25) is 0 Å². The Balaban J connectivity index is 1.25. The summed E-state index contributed by atoms with van der Waals surface area (Å²) in [5, 5.41) is 2.90. The van der Waals surface area contributed by atoms with Gasteiger partial charge in [0.1, 0.15) is 18.0 Å². The number of nitrogens with one attached hydrogen (secondary N) is 1. The predicted octanol–water partition coefficient (Wildman–Crippen LogP) is 1.82. The molecular weight excluding hydrogens is 434 g/mol. The third kappa shape index (κ3) is 6.33. The second-order valence-corrected chi connectivity index (χ2v) is 8.28. The lowest BCUT2D eigenvalue weighted by atomic mass is 10.1. The first kappa shape index (κ1) is 23.7. The molecule has 180 valence electrons.